The Kier molecular flexibility index (Phi) is 4.67. The van der Waals surface area contributed by atoms with Gasteiger partial charge in [0.1, 0.15) is 0 Å². The molecule has 0 radical (unpaired) electrons. The molecule has 0 aliphatic carbocycles. The first kappa shape index (κ1) is 14.3. The van der Waals surface area contributed by atoms with Crippen LogP contribution in [0.25, 0.3) is 0 Å². The van der Waals surface area contributed by atoms with Gasteiger partial charge in [0.05, 0.1) is 5.75 Å². The molecule has 106 valence electrons. The summed E-state index contributed by atoms with van der Waals surface area (Å²) in [4.78, 5) is 0. The molecule has 0 aromatic carbocycles. The molecule has 2 aliphatic heterocycles. The molecule has 2 aliphatic rings. The fourth-order valence-electron chi connectivity index (χ4n) is 3.38. The van der Waals surface area contributed by atoms with E-state index in [1.165, 1.54) is 0 Å². The van der Waals surface area contributed by atoms with E-state index in [9.17, 15) is 8.42 Å². The van der Waals surface area contributed by atoms with E-state index >= 15 is 0 Å². The van der Waals surface area contributed by atoms with Crippen LogP contribution < -0.4 is 5.32 Å². The van der Waals surface area contributed by atoms with Crippen molar-refractivity contribution in [1.29, 1.82) is 0 Å². The molecule has 0 aromatic heterocycles. The topological polar surface area (TPSA) is 49.4 Å². The van der Waals surface area contributed by atoms with Crippen molar-refractivity contribution in [1.82, 2.24) is 9.62 Å². The van der Waals surface area contributed by atoms with Gasteiger partial charge in [-0.15, -0.1) is 0 Å². The van der Waals surface area contributed by atoms with Crippen molar-refractivity contribution in [3.8, 4) is 0 Å². The van der Waals surface area contributed by atoms with Crippen LogP contribution in [-0.2, 0) is 10.0 Å². The maximum atomic E-state index is 12.6. The van der Waals surface area contributed by atoms with Gasteiger partial charge in [-0.05, 0) is 58.0 Å². The lowest BCUT2D eigenvalue weighted by atomic mass is 10.0. The summed E-state index contributed by atoms with van der Waals surface area (Å²) in [5, 5.41) is 3.30. The van der Waals surface area contributed by atoms with Gasteiger partial charge in [-0.3, -0.25) is 0 Å². The van der Waals surface area contributed by atoms with Gasteiger partial charge in [-0.25, -0.2) is 8.42 Å². The largest absolute Gasteiger partial charge is 0.316 e. The number of rotatable bonds is 4. The van der Waals surface area contributed by atoms with Crippen LogP contribution in [0.3, 0.4) is 0 Å². The van der Waals surface area contributed by atoms with Crippen molar-refractivity contribution >= 4 is 10.0 Å². The summed E-state index contributed by atoms with van der Waals surface area (Å²) in [6.07, 6.45) is 5.13. The first-order chi connectivity index (χ1) is 8.54. The van der Waals surface area contributed by atoms with Crippen LogP contribution in [0, 0.1) is 5.92 Å². The van der Waals surface area contributed by atoms with Crippen LogP contribution in [0.4, 0.5) is 0 Å². The minimum atomic E-state index is -3.08. The van der Waals surface area contributed by atoms with Gasteiger partial charge < -0.3 is 5.32 Å². The SMILES string of the molecule is CCC1CCC(C)N1S(=O)(=O)CC1CCCNC1. The van der Waals surface area contributed by atoms with E-state index in [0.717, 1.165) is 45.2 Å². The van der Waals surface area contributed by atoms with Gasteiger partial charge in [0, 0.05) is 12.1 Å². The molecule has 2 heterocycles. The van der Waals surface area contributed by atoms with Gasteiger partial charge >= 0.3 is 0 Å². The van der Waals surface area contributed by atoms with Crippen LogP contribution >= 0.6 is 0 Å². The van der Waals surface area contributed by atoms with Crippen LogP contribution in [0.5, 0.6) is 0 Å². The second kappa shape index (κ2) is 5.88. The zero-order valence-electron chi connectivity index (χ0n) is 11.6. The lowest BCUT2D eigenvalue weighted by Crippen LogP contribution is -2.44. The Hall–Kier alpha value is -0.130. The second-order valence-electron chi connectivity index (χ2n) is 5.81. The fourth-order valence-corrected chi connectivity index (χ4v) is 5.80. The third-order valence-electron chi connectivity index (χ3n) is 4.35. The number of nitrogens with zero attached hydrogens (tertiary/aromatic N) is 1. The van der Waals surface area contributed by atoms with Crippen LogP contribution in [0.1, 0.15) is 46.0 Å². The van der Waals surface area contributed by atoms with E-state index < -0.39 is 10.0 Å². The minimum absolute atomic E-state index is 0.191. The third kappa shape index (κ3) is 3.06. The van der Waals surface area contributed by atoms with Crippen molar-refractivity contribution in [3.63, 3.8) is 0 Å². The molecule has 2 rings (SSSR count). The number of hydrogen-bond donors (Lipinski definition) is 1. The average Bonchev–Trinajstić information content (AvgIpc) is 2.72. The van der Waals surface area contributed by atoms with Gasteiger partial charge in [0.15, 0.2) is 0 Å². The van der Waals surface area contributed by atoms with E-state index in [2.05, 4.69) is 12.2 Å². The quantitative estimate of drug-likeness (QED) is 0.847. The number of nitrogens with one attached hydrogen (secondary N) is 1. The molecule has 4 nitrogen and oxygen atoms in total. The van der Waals surface area contributed by atoms with Crippen molar-refractivity contribution in [2.45, 2.75) is 58.0 Å². The second-order valence-corrected chi connectivity index (χ2v) is 7.73. The molecular formula is C13H26N2O2S. The van der Waals surface area contributed by atoms with Crippen molar-refractivity contribution < 1.29 is 8.42 Å². The molecule has 3 unspecified atom stereocenters. The summed E-state index contributed by atoms with van der Waals surface area (Å²) in [6, 6.07) is 0.429. The van der Waals surface area contributed by atoms with E-state index in [-0.39, 0.29) is 12.1 Å². The molecule has 1 N–H and O–H groups in total. The van der Waals surface area contributed by atoms with E-state index in [0.29, 0.717) is 11.7 Å². The average molecular weight is 274 g/mol. The van der Waals surface area contributed by atoms with Gasteiger partial charge in [-0.2, -0.15) is 4.31 Å². The van der Waals surface area contributed by atoms with Crippen molar-refractivity contribution in [2.75, 3.05) is 18.8 Å². The molecule has 0 bridgehead atoms. The Balaban J connectivity index is 2.04. The van der Waals surface area contributed by atoms with Crippen LogP contribution in [-0.4, -0.2) is 43.6 Å². The number of piperidine rings is 1. The Bertz CT molecular complexity index is 363. The summed E-state index contributed by atoms with van der Waals surface area (Å²) in [6.45, 7) is 6.03. The minimum Gasteiger partial charge on any atom is -0.316 e. The Labute approximate surface area is 111 Å². The fraction of sp³-hybridized carbons (Fsp3) is 1.00. The normalized spacial score (nSPS) is 34.9. The van der Waals surface area contributed by atoms with E-state index in [4.69, 9.17) is 0 Å². The monoisotopic (exact) mass is 274 g/mol. The maximum Gasteiger partial charge on any atom is 0.214 e. The third-order valence-corrected chi connectivity index (χ3v) is 6.54. The molecule has 0 spiro atoms. The van der Waals surface area contributed by atoms with E-state index in [1.54, 1.807) is 0 Å². The summed E-state index contributed by atoms with van der Waals surface area (Å²) >= 11 is 0. The molecule has 2 saturated heterocycles. The maximum absolute atomic E-state index is 12.6. The zero-order valence-corrected chi connectivity index (χ0v) is 12.4. The Morgan fingerprint density at radius 1 is 1.28 bits per heavy atom. The summed E-state index contributed by atoms with van der Waals surface area (Å²) < 4.78 is 27.0. The van der Waals surface area contributed by atoms with Gasteiger partial charge in [-0.1, -0.05) is 6.92 Å². The highest BCUT2D eigenvalue weighted by Gasteiger charge is 2.39. The highest BCUT2D eigenvalue weighted by molar-refractivity contribution is 7.89. The first-order valence-electron chi connectivity index (χ1n) is 7.26. The van der Waals surface area contributed by atoms with Crippen molar-refractivity contribution in [3.05, 3.63) is 0 Å². The highest BCUT2D eigenvalue weighted by Crippen LogP contribution is 2.30. The molecule has 3 atom stereocenters. The predicted octanol–water partition coefficient (Wildman–Crippen LogP) is 1.58. The molecular weight excluding hydrogens is 248 g/mol. The number of sulfonamides is 1. The summed E-state index contributed by atoms with van der Waals surface area (Å²) in [5.74, 6) is 0.634. The van der Waals surface area contributed by atoms with Crippen LogP contribution in [0.15, 0.2) is 0 Å². The highest BCUT2D eigenvalue weighted by atomic mass is 32.2. The molecule has 2 fully saturated rings. The molecule has 0 saturated carbocycles. The lowest BCUT2D eigenvalue weighted by Gasteiger charge is -2.30. The Morgan fingerprint density at radius 2 is 2.06 bits per heavy atom. The van der Waals surface area contributed by atoms with Gasteiger partial charge in [0.2, 0.25) is 10.0 Å². The summed E-state index contributed by atoms with van der Waals surface area (Å²) in [5.41, 5.74) is 0. The van der Waals surface area contributed by atoms with Crippen molar-refractivity contribution in [2.24, 2.45) is 5.92 Å². The lowest BCUT2D eigenvalue weighted by molar-refractivity contribution is 0.320. The standard InChI is InChI=1S/C13H26N2O2S/c1-3-13-7-6-11(2)15(13)18(16,17)10-12-5-4-8-14-9-12/h11-14H,3-10H2,1-2H3. The molecule has 5 heteroatoms. The first-order valence-corrected chi connectivity index (χ1v) is 8.87. The summed E-state index contributed by atoms with van der Waals surface area (Å²) in [7, 11) is -3.08. The zero-order chi connectivity index (χ0) is 13.2. The number of hydrogen-bond acceptors (Lipinski definition) is 3. The molecule has 18 heavy (non-hydrogen) atoms. The predicted molar refractivity (Wildman–Crippen MR) is 74.0 cm³/mol. The Morgan fingerprint density at radius 3 is 2.67 bits per heavy atom. The molecule has 0 aromatic rings. The van der Waals surface area contributed by atoms with E-state index in [1.807, 2.05) is 11.2 Å². The smallest absolute Gasteiger partial charge is 0.214 e. The molecule has 0 amide bonds. The van der Waals surface area contributed by atoms with Gasteiger partial charge in [0.25, 0.3) is 0 Å². The van der Waals surface area contributed by atoms with Crippen LogP contribution in [0.2, 0.25) is 0 Å².